The number of aryl methyl sites for hydroxylation is 2. The second kappa shape index (κ2) is 5.85. The smallest absolute Gasteiger partial charge is 0.255 e. The highest BCUT2D eigenvalue weighted by Crippen LogP contribution is 2.27. The fourth-order valence-corrected chi connectivity index (χ4v) is 2.35. The number of aromatic hydroxyl groups is 1. The van der Waals surface area contributed by atoms with Crippen LogP contribution in [0.4, 0.5) is 5.69 Å². The molecule has 0 aliphatic rings. The molecule has 0 aliphatic carbocycles. The van der Waals surface area contributed by atoms with Crippen LogP contribution in [0.25, 0.3) is 11.0 Å². The van der Waals surface area contributed by atoms with Crippen molar-refractivity contribution in [2.45, 2.75) is 13.8 Å². The van der Waals surface area contributed by atoms with Crippen molar-refractivity contribution in [3.63, 3.8) is 0 Å². The summed E-state index contributed by atoms with van der Waals surface area (Å²) in [6.45, 7) is 3.77. The zero-order valence-corrected chi connectivity index (χ0v) is 13.3. The van der Waals surface area contributed by atoms with Crippen LogP contribution in [0, 0.1) is 13.8 Å². The Hall–Kier alpha value is -2.66. The molecule has 2 N–H and O–H groups in total. The third-order valence-corrected chi connectivity index (χ3v) is 3.78. The number of halogens is 1. The Balaban J connectivity index is 1.94. The molecule has 0 saturated heterocycles. The lowest BCUT2D eigenvalue weighted by molar-refractivity contribution is 0.102. The van der Waals surface area contributed by atoms with Gasteiger partial charge in [-0.1, -0.05) is 11.6 Å². The van der Waals surface area contributed by atoms with Crippen molar-refractivity contribution in [3.8, 4) is 5.75 Å². The number of hydrogen-bond donors (Lipinski definition) is 2. The largest absolute Gasteiger partial charge is 0.506 e. The summed E-state index contributed by atoms with van der Waals surface area (Å²) >= 11 is 5.88. The van der Waals surface area contributed by atoms with Crippen LogP contribution in [0.2, 0.25) is 5.02 Å². The number of carbonyl (C=O) groups is 1. The van der Waals surface area contributed by atoms with Crippen molar-refractivity contribution in [3.05, 3.63) is 58.4 Å². The Bertz CT molecular complexity index is 925. The normalized spacial score (nSPS) is 10.7. The highest BCUT2D eigenvalue weighted by atomic mass is 35.5. The number of phenols is 1. The molecule has 5 nitrogen and oxygen atoms in total. The van der Waals surface area contributed by atoms with Gasteiger partial charge in [-0.3, -0.25) is 4.79 Å². The molecule has 3 rings (SSSR count). The SMILES string of the molecule is Cc1nc2ccc(C(=O)Nc3cc(Cl)ccc3O)cc2nc1C. The van der Waals surface area contributed by atoms with Crippen LogP contribution < -0.4 is 5.32 Å². The number of hydrogen-bond acceptors (Lipinski definition) is 4. The van der Waals surface area contributed by atoms with Gasteiger partial charge in [0.2, 0.25) is 0 Å². The molecule has 0 aliphatic heterocycles. The molecule has 1 amide bonds. The number of phenolic OH excluding ortho intramolecular Hbond substituents is 1. The third kappa shape index (κ3) is 3.10. The average Bonchev–Trinajstić information content (AvgIpc) is 2.51. The van der Waals surface area contributed by atoms with E-state index in [9.17, 15) is 9.90 Å². The summed E-state index contributed by atoms with van der Waals surface area (Å²) in [7, 11) is 0. The van der Waals surface area contributed by atoms with Crippen molar-refractivity contribution in [1.82, 2.24) is 9.97 Å². The fourth-order valence-electron chi connectivity index (χ4n) is 2.17. The number of nitrogens with one attached hydrogen (secondary N) is 1. The summed E-state index contributed by atoms with van der Waals surface area (Å²) in [4.78, 5) is 21.2. The zero-order valence-electron chi connectivity index (χ0n) is 12.6. The molecule has 0 atom stereocenters. The molecule has 116 valence electrons. The first kappa shape index (κ1) is 15.2. The predicted molar refractivity (Wildman–Crippen MR) is 90.1 cm³/mol. The number of carbonyl (C=O) groups excluding carboxylic acids is 1. The number of rotatable bonds is 2. The maximum absolute atomic E-state index is 12.4. The molecule has 2 aromatic carbocycles. The molecular formula is C17H14ClN3O2. The van der Waals surface area contributed by atoms with Gasteiger partial charge in [-0.2, -0.15) is 0 Å². The molecular weight excluding hydrogens is 314 g/mol. The van der Waals surface area contributed by atoms with Crippen LogP contribution in [0.3, 0.4) is 0 Å². The van der Waals surface area contributed by atoms with E-state index in [1.165, 1.54) is 12.1 Å². The summed E-state index contributed by atoms with van der Waals surface area (Å²) in [5, 5.41) is 12.8. The van der Waals surface area contributed by atoms with Gasteiger partial charge in [-0.15, -0.1) is 0 Å². The second-order valence-electron chi connectivity index (χ2n) is 5.21. The van der Waals surface area contributed by atoms with E-state index in [1.54, 1.807) is 24.3 Å². The van der Waals surface area contributed by atoms with Gasteiger partial charge in [0, 0.05) is 10.6 Å². The molecule has 0 radical (unpaired) electrons. The zero-order chi connectivity index (χ0) is 16.6. The van der Waals surface area contributed by atoms with E-state index in [4.69, 9.17) is 11.6 Å². The minimum Gasteiger partial charge on any atom is -0.506 e. The standard InChI is InChI=1S/C17H14ClN3O2/c1-9-10(2)20-14-7-11(3-5-13(14)19-9)17(23)21-15-8-12(18)4-6-16(15)22/h3-8,22H,1-2H3,(H,21,23). The average molecular weight is 328 g/mol. The van der Waals surface area contributed by atoms with Gasteiger partial charge in [-0.25, -0.2) is 9.97 Å². The Morgan fingerprint density at radius 1 is 1.04 bits per heavy atom. The van der Waals surface area contributed by atoms with E-state index >= 15 is 0 Å². The number of benzene rings is 2. The highest BCUT2D eigenvalue weighted by Gasteiger charge is 2.11. The number of aromatic nitrogens is 2. The highest BCUT2D eigenvalue weighted by molar-refractivity contribution is 6.31. The Kier molecular flexibility index (Phi) is 3.88. The first-order chi connectivity index (χ1) is 10.9. The maximum Gasteiger partial charge on any atom is 0.255 e. The molecule has 1 heterocycles. The molecule has 0 fully saturated rings. The van der Waals surface area contributed by atoms with Crippen LogP contribution in [-0.4, -0.2) is 21.0 Å². The van der Waals surface area contributed by atoms with E-state index in [0.717, 1.165) is 16.9 Å². The first-order valence-corrected chi connectivity index (χ1v) is 7.37. The molecule has 6 heteroatoms. The third-order valence-electron chi connectivity index (χ3n) is 3.54. The minimum absolute atomic E-state index is 0.0465. The summed E-state index contributed by atoms with van der Waals surface area (Å²) in [5.74, 6) is -0.403. The monoisotopic (exact) mass is 327 g/mol. The number of nitrogens with zero attached hydrogens (tertiary/aromatic N) is 2. The van der Waals surface area contributed by atoms with Crippen molar-refractivity contribution < 1.29 is 9.90 Å². The van der Waals surface area contributed by atoms with Crippen LogP contribution >= 0.6 is 11.6 Å². The van der Waals surface area contributed by atoms with Crippen LogP contribution in [0.5, 0.6) is 5.75 Å². The lowest BCUT2D eigenvalue weighted by Gasteiger charge is -2.09. The number of fused-ring (bicyclic) bond motifs is 1. The molecule has 3 aromatic rings. The Morgan fingerprint density at radius 2 is 1.74 bits per heavy atom. The number of amides is 1. The van der Waals surface area contributed by atoms with Gasteiger partial charge in [0.15, 0.2) is 0 Å². The van der Waals surface area contributed by atoms with Gasteiger partial charge < -0.3 is 10.4 Å². The van der Waals surface area contributed by atoms with E-state index in [1.807, 2.05) is 13.8 Å². The topological polar surface area (TPSA) is 75.1 Å². The van der Waals surface area contributed by atoms with Crippen molar-refractivity contribution >= 4 is 34.2 Å². The van der Waals surface area contributed by atoms with Gasteiger partial charge >= 0.3 is 0 Å². The first-order valence-electron chi connectivity index (χ1n) is 6.99. The molecule has 0 spiro atoms. The van der Waals surface area contributed by atoms with Crippen LogP contribution in [-0.2, 0) is 0 Å². The van der Waals surface area contributed by atoms with Gasteiger partial charge in [0.25, 0.3) is 5.91 Å². The van der Waals surface area contributed by atoms with Gasteiger partial charge in [0.05, 0.1) is 28.1 Å². The molecule has 23 heavy (non-hydrogen) atoms. The summed E-state index contributed by atoms with van der Waals surface area (Å²) in [6, 6.07) is 9.55. The second-order valence-corrected chi connectivity index (χ2v) is 5.65. The van der Waals surface area contributed by atoms with Crippen molar-refractivity contribution in [2.75, 3.05) is 5.32 Å². The van der Waals surface area contributed by atoms with E-state index in [0.29, 0.717) is 16.1 Å². The van der Waals surface area contributed by atoms with E-state index in [-0.39, 0.29) is 17.3 Å². The predicted octanol–water partition coefficient (Wildman–Crippen LogP) is 3.86. The van der Waals surface area contributed by atoms with Gasteiger partial charge in [-0.05, 0) is 50.2 Å². The molecule has 1 aromatic heterocycles. The summed E-state index contributed by atoms with van der Waals surface area (Å²) < 4.78 is 0. The summed E-state index contributed by atoms with van der Waals surface area (Å²) in [5.41, 5.74) is 3.75. The van der Waals surface area contributed by atoms with E-state index < -0.39 is 0 Å². The van der Waals surface area contributed by atoms with Crippen molar-refractivity contribution in [2.24, 2.45) is 0 Å². The Morgan fingerprint density at radius 3 is 2.48 bits per heavy atom. The fraction of sp³-hybridized carbons (Fsp3) is 0.118. The maximum atomic E-state index is 12.4. The van der Waals surface area contributed by atoms with E-state index in [2.05, 4.69) is 15.3 Å². The summed E-state index contributed by atoms with van der Waals surface area (Å²) in [6.07, 6.45) is 0. The minimum atomic E-state index is -0.357. The Labute approximate surface area is 138 Å². The lowest BCUT2D eigenvalue weighted by atomic mass is 10.1. The quantitative estimate of drug-likeness (QED) is 0.701. The molecule has 0 bridgehead atoms. The van der Waals surface area contributed by atoms with Crippen LogP contribution in [0.1, 0.15) is 21.7 Å². The lowest BCUT2D eigenvalue weighted by Crippen LogP contribution is -2.12. The van der Waals surface area contributed by atoms with Crippen molar-refractivity contribution in [1.29, 1.82) is 0 Å². The van der Waals surface area contributed by atoms with Gasteiger partial charge in [0.1, 0.15) is 5.75 Å². The van der Waals surface area contributed by atoms with Crippen LogP contribution in [0.15, 0.2) is 36.4 Å². The number of anilines is 1. The molecule has 0 saturated carbocycles. The molecule has 0 unspecified atom stereocenters.